The zero-order valence-electron chi connectivity index (χ0n) is 13.8. The predicted molar refractivity (Wildman–Crippen MR) is 84.2 cm³/mol. The number of rotatable bonds is 5. The summed E-state index contributed by atoms with van der Waals surface area (Å²) < 4.78 is 10.2. The number of benzene rings is 1. The van der Waals surface area contributed by atoms with Crippen molar-refractivity contribution in [2.75, 3.05) is 20.3 Å². The standard InChI is InChI=1S/C16H22N2O5/c1-16(2,3)11-7-5-6-8-12(11)22-10-14(20)23-9-13(19)18-15(21)17-4/h5-8H,9-10H2,1-4H3,(H2,17,18,19,21). The molecular formula is C16H22N2O5. The zero-order valence-corrected chi connectivity index (χ0v) is 13.8. The number of imide groups is 1. The Kier molecular flexibility index (Phi) is 6.56. The van der Waals surface area contributed by atoms with Crippen molar-refractivity contribution in [3.8, 4) is 5.75 Å². The average Bonchev–Trinajstić information content (AvgIpc) is 2.50. The topological polar surface area (TPSA) is 93.7 Å². The molecule has 0 saturated heterocycles. The molecule has 0 heterocycles. The smallest absolute Gasteiger partial charge is 0.344 e. The Morgan fingerprint density at radius 3 is 2.35 bits per heavy atom. The lowest BCUT2D eigenvalue weighted by atomic mass is 9.86. The molecule has 23 heavy (non-hydrogen) atoms. The van der Waals surface area contributed by atoms with Crippen molar-refractivity contribution >= 4 is 17.9 Å². The number of urea groups is 1. The number of carbonyl (C=O) groups excluding carboxylic acids is 3. The molecule has 7 nitrogen and oxygen atoms in total. The summed E-state index contributed by atoms with van der Waals surface area (Å²) in [6, 6.07) is 6.74. The largest absolute Gasteiger partial charge is 0.482 e. The highest BCUT2D eigenvalue weighted by molar-refractivity contribution is 5.95. The molecule has 0 atom stereocenters. The second-order valence-electron chi connectivity index (χ2n) is 5.82. The van der Waals surface area contributed by atoms with Crippen molar-refractivity contribution in [2.45, 2.75) is 26.2 Å². The molecule has 0 fully saturated rings. The maximum atomic E-state index is 11.6. The van der Waals surface area contributed by atoms with E-state index in [0.717, 1.165) is 5.56 Å². The normalized spacial score (nSPS) is 10.6. The third-order valence-electron chi connectivity index (χ3n) is 2.88. The zero-order chi connectivity index (χ0) is 17.5. The first-order valence-electron chi connectivity index (χ1n) is 7.13. The minimum Gasteiger partial charge on any atom is -0.482 e. The van der Waals surface area contributed by atoms with Gasteiger partial charge in [0.15, 0.2) is 13.2 Å². The van der Waals surface area contributed by atoms with Crippen LogP contribution in [0.15, 0.2) is 24.3 Å². The summed E-state index contributed by atoms with van der Waals surface area (Å²) in [4.78, 5) is 33.8. The van der Waals surface area contributed by atoms with Crippen molar-refractivity contribution in [3.05, 3.63) is 29.8 Å². The fraction of sp³-hybridized carbons (Fsp3) is 0.438. The van der Waals surface area contributed by atoms with E-state index in [1.165, 1.54) is 7.05 Å². The lowest BCUT2D eigenvalue weighted by Gasteiger charge is -2.22. The second kappa shape index (κ2) is 8.17. The van der Waals surface area contributed by atoms with Crippen LogP contribution in [0.1, 0.15) is 26.3 Å². The first-order valence-corrected chi connectivity index (χ1v) is 7.13. The molecule has 0 aliphatic heterocycles. The second-order valence-corrected chi connectivity index (χ2v) is 5.82. The van der Waals surface area contributed by atoms with Crippen molar-refractivity contribution in [2.24, 2.45) is 0 Å². The summed E-state index contributed by atoms with van der Waals surface area (Å²) in [5, 5.41) is 4.20. The van der Waals surface area contributed by atoms with Gasteiger partial charge in [-0.15, -0.1) is 0 Å². The van der Waals surface area contributed by atoms with Crippen LogP contribution in [0.25, 0.3) is 0 Å². The quantitative estimate of drug-likeness (QED) is 0.798. The predicted octanol–water partition coefficient (Wildman–Crippen LogP) is 1.36. The van der Waals surface area contributed by atoms with Crippen LogP contribution in [0.3, 0.4) is 0 Å². The Balaban J connectivity index is 2.49. The van der Waals surface area contributed by atoms with E-state index in [1.807, 2.05) is 44.3 Å². The molecule has 3 amide bonds. The van der Waals surface area contributed by atoms with Gasteiger partial charge in [-0.1, -0.05) is 39.0 Å². The molecule has 0 radical (unpaired) electrons. The van der Waals surface area contributed by atoms with Gasteiger partial charge in [-0.25, -0.2) is 9.59 Å². The summed E-state index contributed by atoms with van der Waals surface area (Å²) in [5.41, 5.74) is 0.832. The van der Waals surface area contributed by atoms with Gasteiger partial charge in [0.2, 0.25) is 0 Å². The molecule has 2 N–H and O–H groups in total. The molecule has 1 aromatic carbocycles. The van der Waals surface area contributed by atoms with Gasteiger partial charge in [-0.3, -0.25) is 10.1 Å². The third-order valence-corrected chi connectivity index (χ3v) is 2.88. The molecule has 126 valence electrons. The van der Waals surface area contributed by atoms with Gasteiger partial charge >= 0.3 is 12.0 Å². The van der Waals surface area contributed by atoms with Gasteiger partial charge < -0.3 is 14.8 Å². The van der Waals surface area contributed by atoms with E-state index in [1.54, 1.807) is 6.07 Å². The van der Waals surface area contributed by atoms with E-state index in [9.17, 15) is 14.4 Å². The first kappa shape index (κ1) is 18.5. The van der Waals surface area contributed by atoms with Crippen LogP contribution < -0.4 is 15.4 Å². The highest BCUT2D eigenvalue weighted by atomic mass is 16.6. The molecule has 0 spiro atoms. The Morgan fingerprint density at radius 1 is 1.09 bits per heavy atom. The van der Waals surface area contributed by atoms with Crippen LogP contribution in [0.4, 0.5) is 4.79 Å². The van der Waals surface area contributed by atoms with Gasteiger partial charge in [0.05, 0.1) is 0 Å². The Hall–Kier alpha value is -2.57. The molecule has 1 aromatic rings. The summed E-state index contributed by atoms with van der Waals surface area (Å²) in [5.74, 6) is -0.819. The van der Waals surface area contributed by atoms with Crippen LogP contribution in [0, 0.1) is 0 Å². The number of hydrogen-bond donors (Lipinski definition) is 2. The molecule has 0 aromatic heterocycles. The van der Waals surface area contributed by atoms with E-state index in [2.05, 4.69) is 5.32 Å². The highest BCUT2D eigenvalue weighted by Gasteiger charge is 2.19. The molecular weight excluding hydrogens is 300 g/mol. The van der Waals surface area contributed by atoms with Gasteiger partial charge in [0.1, 0.15) is 5.75 Å². The maximum Gasteiger partial charge on any atom is 0.344 e. The number of esters is 1. The van der Waals surface area contributed by atoms with Gasteiger partial charge in [0, 0.05) is 7.05 Å². The monoisotopic (exact) mass is 322 g/mol. The minimum absolute atomic E-state index is 0.131. The molecule has 0 aliphatic rings. The van der Waals surface area contributed by atoms with E-state index in [0.29, 0.717) is 5.75 Å². The number of hydrogen-bond acceptors (Lipinski definition) is 5. The van der Waals surface area contributed by atoms with E-state index in [4.69, 9.17) is 9.47 Å². The fourth-order valence-corrected chi connectivity index (χ4v) is 1.76. The fourth-order valence-electron chi connectivity index (χ4n) is 1.76. The van der Waals surface area contributed by atoms with Crippen LogP contribution >= 0.6 is 0 Å². The van der Waals surface area contributed by atoms with Crippen LogP contribution in [-0.2, 0) is 19.7 Å². The highest BCUT2D eigenvalue weighted by Crippen LogP contribution is 2.30. The van der Waals surface area contributed by atoms with Gasteiger partial charge in [-0.05, 0) is 17.0 Å². The summed E-state index contributed by atoms with van der Waals surface area (Å²) in [6.07, 6.45) is 0. The summed E-state index contributed by atoms with van der Waals surface area (Å²) >= 11 is 0. The summed E-state index contributed by atoms with van der Waals surface area (Å²) in [6.45, 7) is 5.25. The third kappa shape index (κ3) is 6.37. The van der Waals surface area contributed by atoms with E-state index in [-0.39, 0.29) is 12.0 Å². The van der Waals surface area contributed by atoms with Gasteiger partial charge in [0.25, 0.3) is 5.91 Å². The van der Waals surface area contributed by atoms with Gasteiger partial charge in [-0.2, -0.15) is 0 Å². The lowest BCUT2D eigenvalue weighted by Crippen LogP contribution is -2.40. The number of amides is 3. The summed E-state index contributed by atoms with van der Waals surface area (Å²) in [7, 11) is 1.37. The molecule has 0 saturated carbocycles. The molecule has 1 rings (SSSR count). The van der Waals surface area contributed by atoms with Crippen molar-refractivity contribution < 1.29 is 23.9 Å². The Labute approximate surface area is 135 Å². The number of carbonyl (C=O) groups is 3. The Bertz CT molecular complexity index is 578. The van der Waals surface area contributed by atoms with E-state index < -0.39 is 24.5 Å². The molecule has 0 aliphatic carbocycles. The number of para-hydroxylation sites is 1. The number of ether oxygens (including phenoxy) is 2. The van der Waals surface area contributed by atoms with Crippen molar-refractivity contribution in [1.82, 2.24) is 10.6 Å². The Morgan fingerprint density at radius 2 is 1.74 bits per heavy atom. The van der Waals surface area contributed by atoms with Crippen molar-refractivity contribution in [3.63, 3.8) is 0 Å². The molecule has 7 heteroatoms. The van der Waals surface area contributed by atoms with Crippen LogP contribution in [0.5, 0.6) is 5.75 Å². The maximum absolute atomic E-state index is 11.6. The lowest BCUT2D eigenvalue weighted by molar-refractivity contribution is -0.150. The molecule has 0 bridgehead atoms. The number of nitrogens with one attached hydrogen (secondary N) is 2. The molecule has 0 unspecified atom stereocenters. The van der Waals surface area contributed by atoms with Crippen molar-refractivity contribution in [1.29, 1.82) is 0 Å². The van der Waals surface area contributed by atoms with Crippen LogP contribution in [0.2, 0.25) is 0 Å². The van der Waals surface area contributed by atoms with E-state index >= 15 is 0 Å². The minimum atomic E-state index is -0.715. The first-order chi connectivity index (χ1) is 10.7. The SMILES string of the molecule is CNC(=O)NC(=O)COC(=O)COc1ccccc1C(C)(C)C. The average molecular weight is 322 g/mol. The van der Waals surface area contributed by atoms with Crippen LogP contribution in [-0.4, -0.2) is 38.2 Å².